The van der Waals surface area contributed by atoms with Gasteiger partial charge in [0.1, 0.15) is 6.10 Å². The lowest BCUT2D eigenvalue weighted by molar-refractivity contribution is -0.141. The van der Waals surface area contributed by atoms with E-state index in [9.17, 15) is 14.4 Å². The number of carbonyl (C=O) groups is 3. The summed E-state index contributed by atoms with van der Waals surface area (Å²) in [5, 5.41) is 3.90. The highest BCUT2D eigenvalue weighted by Crippen LogP contribution is 2.61. The predicted octanol–water partition coefficient (Wildman–Crippen LogP) is -0.142. The third kappa shape index (κ3) is 2.74. The van der Waals surface area contributed by atoms with Crippen LogP contribution in [0.2, 0.25) is 0 Å². The van der Waals surface area contributed by atoms with Crippen molar-refractivity contribution in [2.24, 2.45) is 40.6 Å². The molecule has 1 aromatic carbocycles. The SMILES string of the molecule is COc1ccc(CCN2C(=O)[C@H]3[C@@H]4C[C@H]([C@@H]5C(C(=O)NN)=NO[C@@H]45)[C@@H]3C2=O)cc1OC. The minimum absolute atomic E-state index is 0.116. The molecule has 4 aliphatic rings. The number of likely N-dealkylation sites (tertiary alicyclic amines) is 1. The number of ether oxygens (including phenoxy) is 2. The van der Waals surface area contributed by atoms with Crippen molar-refractivity contribution in [3.8, 4) is 11.5 Å². The molecule has 10 heteroatoms. The van der Waals surface area contributed by atoms with Gasteiger partial charge in [-0.1, -0.05) is 11.2 Å². The number of benzene rings is 1. The lowest BCUT2D eigenvalue weighted by Crippen LogP contribution is -2.46. The van der Waals surface area contributed by atoms with Crippen molar-refractivity contribution >= 4 is 23.4 Å². The van der Waals surface area contributed by atoms with Gasteiger partial charge >= 0.3 is 0 Å². The quantitative estimate of drug-likeness (QED) is 0.279. The summed E-state index contributed by atoms with van der Waals surface area (Å²) in [5.74, 6) is 4.29. The van der Waals surface area contributed by atoms with E-state index >= 15 is 0 Å². The molecule has 3 N–H and O–H groups in total. The number of hydrogen-bond acceptors (Lipinski definition) is 8. The van der Waals surface area contributed by atoms with Gasteiger partial charge in [0.2, 0.25) is 11.8 Å². The van der Waals surface area contributed by atoms with Gasteiger partial charge in [-0.3, -0.25) is 24.7 Å². The van der Waals surface area contributed by atoms with Crippen molar-refractivity contribution in [1.82, 2.24) is 10.3 Å². The van der Waals surface area contributed by atoms with Crippen LogP contribution >= 0.6 is 0 Å². The lowest BCUT2D eigenvalue weighted by Gasteiger charge is -2.29. The van der Waals surface area contributed by atoms with E-state index in [-0.39, 0.29) is 41.4 Å². The Morgan fingerprint density at radius 2 is 1.87 bits per heavy atom. The number of oxime groups is 1. The molecule has 2 saturated carbocycles. The zero-order valence-electron chi connectivity index (χ0n) is 17.2. The number of imide groups is 1. The van der Waals surface area contributed by atoms with E-state index in [1.54, 1.807) is 20.3 Å². The zero-order valence-corrected chi connectivity index (χ0v) is 17.2. The Kier molecular flexibility index (Phi) is 4.62. The molecular weight excluding hydrogens is 404 g/mol. The van der Waals surface area contributed by atoms with Crippen LogP contribution in [-0.4, -0.2) is 55.2 Å². The van der Waals surface area contributed by atoms with Crippen LogP contribution in [0.3, 0.4) is 0 Å². The molecule has 0 unspecified atom stereocenters. The second-order valence-corrected chi connectivity index (χ2v) is 8.43. The molecule has 1 aromatic rings. The minimum atomic E-state index is -0.501. The normalized spacial score (nSPS) is 32.5. The Bertz CT molecular complexity index is 994. The van der Waals surface area contributed by atoms with Crippen molar-refractivity contribution in [2.75, 3.05) is 20.8 Å². The molecule has 6 atom stereocenters. The van der Waals surface area contributed by atoms with Gasteiger partial charge in [0.05, 0.1) is 32.0 Å². The first-order valence-corrected chi connectivity index (χ1v) is 10.3. The Morgan fingerprint density at radius 1 is 1.16 bits per heavy atom. The number of carbonyl (C=O) groups excluding carboxylic acids is 3. The van der Waals surface area contributed by atoms with Gasteiger partial charge in [-0.2, -0.15) is 0 Å². The summed E-state index contributed by atoms with van der Waals surface area (Å²) in [6.45, 7) is 0.292. The van der Waals surface area contributed by atoms with Gasteiger partial charge in [0.25, 0.3) is 5.91 Å². The van der Waals surface area contributed by atoms with Crippen LogP contribution in [0.1, 0.15) is 12.0 Å². The van der Waals surface area contributed by atoms with Gasteiger partial charge < -0.3 is 14.3 Å². The van der Waals surface area contributed by atoms with Crippen molar-refractivity contribution < 1.29 is 28.7 Å². The number of hydrazine groups is 1. The van der Waals surface area contributed by atoms with Gasteiger partial charge in [0, 0.05) is 12.5 Å². The molecular formula is C21H24N4O6. The Balaban J connectivity index is 1.33. The van der Waals surface area contributed by atoms with Crippen LogP contribution < -0.4 is 20.7 Å². The molecule has 0 aromatic heterocycles. The van der Waals surface area contributed by atoms with Crippen molar-refractivity contribution in [1.29, 1.82) is 0 Å². The average molecular weight is 428 g/mol. The van der Waals surface area contributed by atoms with Crippen LogP contribution in [0.15, 0.2) is 23.4 Å². The molecule has 0 radical (unpaired) electrons. The van der Waals surface area contributed by atoms with E-state index in [1.165, 1.54) is 4.90 Å². The Hall–Kier alpha value is -3.14. The van der Waals surface area contributed by atoms with Gasteiger partial charge in [0.15, 0.2) is 17.2 Å². The monoisotopic (exact) mass is 428 g/mol. The highest BCUT2D eigenvalue weighted by Gasteiger charge is 2.70. The van der Waals surface area contributed by atoms with Crippen LogP contribution in [0.25, 0.3) is 0 Å². The average Bonchev–Trinajstić information content (AvgIpc) is 3.52. The van der Waals surface area contributed by atoms with Crippen LogP contribution in [-0.2, 0) is 25.6 Å². The number of nitrogens with zero attached hydrogens (tertiary/aromatic N) is 2. The van der Waals surface area contributed by atoms with Crippen LogP contribution in [0.4, 0.5) is 0 Å². The molecule has 5 rings (SSSR count). The minimum Gasteiger partial charge on any atom is -0.493 e. The van der Waals surface area contributed by atoms with Crippen molar-refractivity contribution in [3.63, 3.8) is 0 Å². The first kappa shape index (κ1) is 19.8. The Morgan fingerprint density at radius 3 is 2.55 bits per heavy atom. The molecule has 31 heavy (non-hydrogen) atoms. The highest BCUT2D eigenvalue weighted by molar-refractivity contribution is 6.40. The summed E-state index contributed by atoms with van der Waals surface area (Å²) < 4.78 is 10.6. The van der Waals surface area contributed by atoms with Gasteiger partial charge in [-0.15, -0.1) is 0 Å². The smallest absolute Gasteiger partial charge is 0.283 e. The van der Waals surface area contributed by atoms with Crippen LogP contribution in [0, 0.1) is 29.6 Å². The third-order valence-electron chi connectivity index (χ3n) is 7.22. The number of rotatable bonds is 6. The molecule has 164 valence electrons. The summed E-state index contributed by atoms with van der Waals surface area (Å²) in [7, 11) is 3.13. The fraction of sp³-hybridized carbons (Fsp3) is 0.524. The second kappa shape index (κ2) is 7.23. The largest absolute Gasteiger partial charge is 0.493 e. The summed E-state index contributed by atoms with van der Waals surface area (Å²) >= 11 is 0. The molecule has 3 amide bonds. The zero-order chi connectivity index (χ0) is 21.9. The van der Waals surface area contributed by atoms with Crippen LogP contribution in [0.5, 0.6) is 11.5 Å². The van der Waals surface area contributed by atoms with Gasteiger partial charge in [-0.25, -0.2) is 5.84 Å². The van der Waals surface area contributed by atoms with E-state index in [1.807, 2.05) is 12.1 Å². The molecule has 0 spiro atoms. The molecule has 2 heterocycles. The molecule has 2 bridgehead atoms. The van der Waals surface area contributed by atoms with E-state index in [2.05, 4.69) is 10.6 Å². The number of hydrogen-bond donors (Lipinski definition) is 2. The molecule has 10 nitrogen and oxygen atoms in total. The van der Waals surface area contributed by atoms with Crippen molar-refractivity contribution in [2.45, 2.75) is 18.9 Å². The van der Waals surface area contributed by atoms with Crippen molar-refractivity contribution in [3.05, 3.63) is 23.8 Å². The number of amides is 3. The van der Waals surface area contributed by atoms with E-state index in [4.69, 9.17) is 20.2 Å². The number of fused-ring (bicyclic) bond motifs is 8. The molecule has 2 aliphatic carbocycles. The predicted molar refractivity (Wildman–Crippen MR) is 107 cm³/mol. The standard InChI is InChI=1S/C21H24N4O6/c1-29-12-4-3-9(7-13(12)30-2)5-6-25-20(27)14-10-8-11(15(14)21(25)28)18-16(10)17(24-31-18)19(26)23-22/h3-4,7,10-11,14-16,18H,5-6,8,22H2,1-2H3,(H,23,26)/t10-,11-,14-,15-,16+,18-/m0/s1. The fourth-order valence-electron chi connectivity index (χ4n) is 5.95. The second-order valence-electron chi connectivity index (χ2n) is 8.43. The lowest BCUT2D eigenvalue weighted by atomic mass is 9.72. The third-order valence-corrected chi connectivity index (χ3v) is 7.22. The number of nitrogens with two attached hydrogens (primary N) is 1. The Labute approximate surface area is 178 Å². The highest BCUT2D eigenvalue weighted by atomic mass is 16.6. The summed E-state index contributed by atoms with van der Waals surface area (Å²) in [6, 6.07) is 5.54. The number of nitrogens with one attached hydrogen (secondary N) is 1. The molecule has 3 fully saturated rings. The first-order chi connectivity index (χ1) is 15.0. The first-order valence-electron chi connectivity index (χ1n) is 10.3. The van der Waals surface area contributed by atoms with E-state index in [0.717, 1.165) is 5.56 Å². The molecule has 1 saturated heterocycles. The maximum absolute atomic E-state index is 13.2. The van der Waals surface area contributed by atoms with E-state index < -0.39 is 17.7 Å². The fourth-order valence-corrected chi connectivity index (χ4v) is 5.95. The maximum Gasteiger partial charge on any atom is 0.283 e. The summed E-state index contributed by atoms with van der Waals surface area (Å²) in [4.78, 5) is 45.3. The van der Waals surface area contributed by atoms with Gasteiger partial charge in [-0.05, 0) is 36.5 Å². The maximum atomic E-state index is 13.2. The van der Waals surface area contributed by atoms with E-state index in [0.29, 0.717) is 30.9 Å². The topological polar surface area (TPSA) is 133 Å². The number of methoxy groups -OCH3 is 2. The summed E-state index contributed by atoms with van der Waals surface area (Å²) in [6.07, 6.45) is 0.849. The molecule has 2 aliphatic heterocycles. The summed E-state index contributed by atoms with van der Waals surface area (Å²) in [5.41, 5.74) is 3.25.